The second kappa shape index (κ2) is 4.38. The Morgan fingerprint density at radius 1 is 1.13 bits per heavy atom. The number of quaternary nitrogens is 1. The van der Waals surface area contributed by atoms with Crippen molar-refractivity contribution in [2.45, 2.75) is 31.9 Å². The van der Waals surface area contributed by atoms with E-state index in [0.29, 0.717) is 13.1 Å². The van der Waals surface area contributed by atoms with Gasteiger partial charge in [0.1, 0.15) is 20.1 Å². The molecule has 1 aliphatic heterocycles. The molecular weight excluding hydrogens is 211 g/mol. The summed E-state index contributed by atoms with van der Waals surface area (Å²) in [5, 5.41) is 0. The van der Waals surface area contributed by atoms with Crippen LogP contribution in [0.2, 0.25) is 0 Å². The van der Waals surface area contributed by atoms with Crippen LogP contribution in [0.15, 0.2) is 0 Å². The van der Waals surface area contributed by atoms with Crippen LogP contribution in [0.3, 0.4) is 0 Å². The minimum Gasteiger partial charge on any atom is -0.266 e. The van der Waals surface area contributed by atoms with Gasteiger partial charge in [-0.2, -0.15) is 13.2 Å². The lowest BCUT2D eigenvalue weighted by atomic mass is 10.2. The maximum Gasteiger partial charge on any atom is 0.497 e. The van der Waals surface area contributed by atoms with Gasteiger partial charge < -0.3 is 0 Å². The highest BCUT2D eigenvalue weighted by Crippen LogP contribution is 2.22. The highest BCUT2D eigenvalue weighted by molar-refractivity contribution is 5.74. The van der Waals surface area contributed by atoms with Crippen molar-refractivity contribution in [2.24, 2.45) is 0 Å². The molecule has 1 aliphatic rings. The number of likely N-dealkylation sites (tertiary alicyclic amines) is 1. The first-order chi connectivity index (χ1) is 6.83. The first-order valence-electron chi connectivity index (χ1n) is 4.99. The van der Waals surface area contributed by atoms with Gasteiger partial charge in [-0.3, -0.25) is 4.84 Å². The lowest BCUT2D eigenvalue weighted by Crippen LogP contribution is -2.49. The largest absolute Gasteiger partial charge is 0.497 e. The molecule has 0 aromatic rings. The van der Waals surface area contributed by atoms with Gasteiger partial charge in [-0.05, 0) is 12.8 Å². The fourth-order valence-corrected chi connectivity index (χ4v) is 1.70. The zero-order valence-electron chi connectivity index (χ0n) is 8.64. The molecule has 0 aliphatic carbocycles. The molecule has 1 heterocycles. The number of rotatable bonds is 1. The molecule has 0 unspecified atom stereocenters. The van der Waals surface area contributed by atoms with Crippen LogP contribution in [0.1, 0.15) is 25.7 Å². The SMILES string of the molecule is C[N+]1(OC(=O)C(F)(F)F)CCCCCC1. The molecule has 1 rings (SSSR count). The van der Waals surface area contributed by atoms with E-state index in [9.17, 15) is 18.0 Å². The first-order valence-corrected chi connectivity index (χ1v) is 4.99. The summed E-state index contributed by atoms with van der Waals surface area (Å²) in [5.41, 5.74) is 0. The molecule has 0 radical (unpaired) electrons. The van der Waals surface area contributed by atoms with Crippen LogP contribution in [-0.2, 0) is 9.63 Å². The second-order valence-corrected chi connectivity index (χ2v) is 4.03. The Balaban J connectivity index is 2.58. The molecule has 6 heteroatoms. The predicted octanol–water partition coefficient (Wildman–Crippen LogP) is 2.03. The van der Waals surface area contributed by atoms with E-state index >= 15 is 0 Å². The molecule has 15 heavy (non-hydrogen) atoms. The van der Waals surface area contributed by atoms with Gasteiger partial charge in [-0.25, -0.2) is 4.79 Å². The molecular formula is C9H15F3NO2+. The molecule has 0 bridgehead atoms. The third kappa shape index (κ3) is 3.70. The summed E-state index contributed by atoms with van der Waals surface area (Å²) in [6.45, 7) is 0.920. The van der Waals surface area contributed by atoms with Gasteiger partial charge in [0.2, 0.25) is 0 Å². The average Bonchev–Trinajstić information content (AvgIpc) is 2.28. The van der Waals surface area contributed by atoms with Crippen molar-refractivity contribution in [1.29, 1.82) is 0 Å². The van der Waals surface area contributed by atoms with E-state index in [4.69, 9.17) is 0 Å². The number of hydrogen-bond acceptors (Lipinski definition) is 2. The molecule has 88 valence electrons. The van der Waals surface area contributed by atoms with Crippen LogP contribution in [0.5, 0.6) is 0 Å². The molecule has 0 saturated carbocycles. The Morgan fingerprint density at radius 3 is 2.00 bits per heavy atom. The van der Waals surface area contributed by atoms with E-state index in [-0.39, 0.29) is 4.65 Å². The maximum atomic E-state index is 12.0. The highest BCUT2D eigenvalue weighted by atomic mass is 19.4. The fourth-order valence-electron chi connectivity index (χ4n) is 1.70. The van der Waals surface area contributed by atoms with Gasteiger partial charge in [-0.15, -0.1) is 4.65 Å². The zero-order valence-corrected chi connectivity index (χ0v) is 8.64. The quantitative estimate of drug-likeness (QED) is 0.639. The molecule has 0 atom stereocenters. The van der Waals surface area contributed by atoms with Gasteiger partial charge >= 0.3 is 12.1 Å². The van der Waals surface area contributed by atoms with Crippen molar-refractivity contribution in [3.8, 4) is 0 Å². The first kappa shape index (κ1) is 12.3. The summed E-state index contributed by atoms with van der Waals surface area (Å²) in [7, 11) is 1.52. The van der Waals surface area contributed by atoms with Crippen LogP contribution < -0.4 is 0 Å². The van der Waals surface area contributed by atoms with E-state index in [1.807, 2.05) is 0 Å². The Labute approximate surface area is 86.3 Å². The lowest BCUT2D eigenvalue weighted by Gasteiger charge is -2.29. The number of alkyl halides is 3. The smallest absolute Gasteiger partial charge is 0.266 e. The van der Waals surface area contributed by atoms with Crippen molar-refractivity contribution in [3.63, 3.8) is 0 Å². The summed E-state index contributed by atoms with van der Waals surface area (Å²) in [4.78, 5) is 15.2. The van der Waals surface area contributed by atoms with Gasteiger partial charge in [0.25, 0.3) is 0 Å². The molecule has 1 fully saturated rings. The molecule has 0 amide bonds. The summed E-state index contributed by atoms with van der Waals surface area (Å²) in [5.74, 6) is -2.09. The Morgan fingerprint density at radius 2 is 1.60 bits per heavy atom. The molecule has 0 N–H and O–H groups in total. The van der Waals surface area contributed by atoms with Gasteiger partial charge in [0.05, 0.1) is 0 Å². The molecule has 0 aromatic carbocycles. The standard InChI is InChI=1S/C9H15F3NO2/c1-13(6-4-2-3-5-7-13)15-8(14)9(10,11)12/h2-7H2,1H3/q+1. The van der Waals surface area contributed by atoms with Crippen LogP contribution in [-0.4, -0.2) is 36.9 Å². The Hall–Kier alpha value is -0.780. The molecule has 1 saturated heterocycles. The highest BCUT2D eigenvalue weighted by Gasteiger charge is 2.46. The molecule has 0 aromatic heterocycles. The third-order valence-electron chi connectivity index (χ3n) is 2.55. The van der Waals surface area contributed by atoms with E-state index in [1.54, 1.807) is 0 Å². The number of carbonyl (C=O) groups excluding carboxylic acids is 1. The maximum absolute atomic E-state index is 12.0. The minimum atomic E-state index is -4.90. The van der Waals surface area contributed by atoms with E-state index in [2.05, 4.69) is 4.84 Å². The average molecular weight is 226 g/mol. The normalized spacial score (nSPS) is 21.9. The summed E-state index contributed by atoms with van der Waals surface area (Å²) in [6, 6.07) is 0. The Kier molecular flexibility index (Phi) is 3.59. The number of carbonyl (C=O) groups is 1. The van der Waals surface area contributed by atoms with Crippen molar-refractivity contribution in [3.05, 3.63) is 0 Å². The van der Waals surface area contributed by atoms with Crippen molar-refractivity contribution >= 4 is 5.97 Å². The predicted molar refractivity (Wildman–Crippen MR) is 46.5 cm³/mol. The van der Waals surface area contributed by atoms with Crippen LogP contribution in [0.25, 0.3) is 0 Å². The van der Waals surface area contributed by atoms with E-state index in [0.717, 1.165) is 25.7 Å². The van der Waals surface area contributed by atoms with Gasteiger partial charge in [-0.1, -0.05) is 0 Å². The lowest BCUT2D eigenvalue weighted by molar-refractivity contribution is -1.07. The Bertz CT molecular complexity index is 232. The van der Waals surface area contributed by atoms with Gasteiger partial charge in [0.15, 0.2) is 0 Å². The molecule has 0 spiro atoms. The van der Waals surface area contributed by atoms with E-state index in [1.165, 1.54) is 7.05 Å². The van der Waals surface area contributed by atoms with Crippen molar-refractivity contribution in [1.82, 2.24) is 0 Å². The monoisotopic (exact) mass is 226 g/mol. The molecule has 3 nitrogen and oxygen atoms in total. The number of nitrogens with zero attached hydrogens (tertiary/aromatic N) is 1. The van der Waals surface area contributed by atoms with Crippen LogP contribution in [0.4, 0.5) is 13.2 Å². The number of hydrogen-bond donors (Lipinski definition) is 0. The number of halogens is 3. The fraction of sp³-hybridized carbons (Fsp3) is 0.889. The topological polar surface area (TPSA) is 26.3 Å². The van der Waals surface area contributed by atoms with Gasteiger partial charge in [0, 0.05) is 12.8 Å². The van der Waals surface area contributed by atoms with Crippen LogP contribution in [0, 0.1) is 0 Å². The number of hydroxylamine groups is 3. The van der Waals surface area contributed by atoms with Crippen molar-refractivity contribution in [2.75, 3.05) is 20.1 Å². The van der Waals surface area contributed by atoms with Crippen LogP contribution >= 0.6 is 0 Å². The summed E-state index contributed by atoms with van der Waals surface area (Å²) < 4.78 is 35.7. The second-order valence-electron chi connectivity index (χ2n) is 4.03. The zero-order chi connectivity index (χ0) is 11.5. The summed E-state index contributed by atoms with van der Waals surface area (Å²) >= 11 is 0. The summed E-state index contributed by atoms with van der Waals surface area (Å²) in [6.07, 6.45) is -1.34. The van der Waals surface area contributed by atoms with E-state index < -0.39 is 12.1 Å². The van der Waals surface area contributed by atoms with Crippen molar-refractivity contribution < 1.29 is 27.4 Å². The third-order valence-corrected chi connectivity index (χ3v) is 2.55. The minimum absolute atomic E-state index is 0.252.